The average Bonchev–Trinajstić information content (AvgIpc) is 3.28. The van der Waals surface area contributed by atoms with Crippen LogP contribution in [0.15, 0.2) is 89.4 Å². The normalized spacial score (nSPS) is 14.8. The number of nitrogens with zero attached hydrogens (tertiary/aromatic N) is 1. The zero-order valence-corrected chi connectivity index (χ0v) is 20.0. The van der Waals surface area contributed by atoms with Crippen molar-refractivity contribution in [2.45, 2.75) is 19.3 Å². The van der Waals surface area contributed by atoms with E-state index in [1.807, 2.05) is 0 Å². The maximum Gasteiger partial charge on any atom is 0.0626 e. The lowest BCUT2D eigenvalue weighted by Gasteiger charge is -2.22. The van der Waals surface area contributed by atoms with E-state index in [4.69, 9.17) is 0 Å². The summed E-state index contributed by atoms with van der Waals surface area (Å²) in [6.07, 6.45) is 0. The van der Waals surface area contributed by atoms with Crippen LogP contribution in [-0.2, 0) is 5.41 Å². The van der Waals surface area contributed by atoms with Crippen LogP contribution in [0.1, 0.15) is 25.0 Å². The molecule has 0 amide bonds. The Morgan fingerprint density at radius 3 is 2.39 bits per heavy atom. The Hall–Kier alpha value is -3.36. The number of hydrogen-bond acceptors (Lipinski definition) is 0. The second-order valence-corrected chi connectivity index (χ2v) is 10.8. The molecule has 1 nitrogen and oxygen atoms in total. The molecule has 0 spiro atoms. The number of aromatic nitrogens is 1. The highest BCUT2D eigenvalue weighted by Gasteiger charge is 2.37. The van der Waals surface area contributed by atoms with E-state index in [9.17, 15) is 0 Å². The number of pyridine rings is 1. The van der Waals surface area contributed by atoms with Gasteiger partial charge in [0.05, 0.1) is 16.6 Å². The first-order chi connectivity index (χ1) is 16.1. The summed E-state index contributed by atoms with van der Waals surface area (Å²) in [5.41, 5.74) is 9.51. The summed E-state index contributed by atoms with van der Waals surface area (Å²) < 4.78 is 3.67. The van der Waals surface area contributed by atoms with E-state index in [-0.39, 0.29) is 5.41 Å². The van der Waals surface area contributed by atoms with Crippen molar-refractivity contribution in [3.05, 3.63) is 101 Å². The minimum Gasteiger partial charge on any atom is -0.307 e. The van der Waals surface area contributed by atoms with E-state index in [1.165, 1.54) is 71.1 Å². The van der Waals surface area contributed by atoms with Crippen molar-refractivity contribution in [2.24, 2.45) is 0 Å². The second kappa shape index (κ2) is 5.76. The molecule has 2 aromatic heterocycles. The van der Waals surface area contributed by atoms with Crippen LogP contribution in [0.2, 0.25) is 0 Å². The first-order valence-electron chi connectivity index (χ1n) is 11.5. The molecule has 1 aliphatic rings. The molecule has 2 heterocycles. The fraction of sp³-hybridized carbons (Fsp3) is 0.0968. The molecule has 0 bridgehead atoms. The van der Waals surface area contributed by atoms with Crippen molar-refractivity contribution < 1.29 is 0 Å². The molecule has 0 saturated carbocycles. The maximum atomic E-state index is 3.72. The molecule has 0 saturated heterocycles. The van der Waals surface area contributed by atoms with E-state index < -0.39 is 0 Å². The highest BCUT2D eigenvalue weighted by Crippen LogP contribution is 2.53. The monoisotopic (exact) mass is 485 g/mol. The van der Waals surface area contributed by atoms with Gasteiger partial charge >= 0.3 is 0 Å². The molecule has 5 aromatic carbocycles. The summed E-state index contributed by atoms with van der Waals surface area (Å²) in [6.45, 7) is 4.73. The van der Waals surface area contributed by atoms with Crippen LogP contribution in [-0.4, -0.2) is 4.40 Å². The summed E-state index contributed by atoms with van der Waals surface area (Å²) in [5, 5.41) is 7.95. The minimum atomic E-state index is -0.0188. The van der Waals surface area contributed by atoms with E-state index in [1.54, 1.807) is 0 Å². The maximum absolute atomic E-state index is 3.72. The summed E-state index contributed by atoms with van der Waals surface area (Å²) in [7, 11) is 0. The second-order valence-electron chi connectivity index (χ2n) is 9.92. The van der Waals surface area contributed by atoms with Crippen molar-refractivity contribution in [3.63, 3.8) is 0 Å². The fourth-order valence-electron chi connectivity index (χ4n) is 6.53. The van der Waals surface area contributed by atoms with Crippen molar-refractivity contribution >= 4 is 64.8 Å². The molecular weight excluding hydrogens is 466 g/mol. The molecule has 156 valence electrons. The third kappa shape index (κ3) is 2.01. The smallest absolute Gasteiger partial charge is 0.0626 e. The number of benzene rings is 5. The lowest BCUT2D eigenvalue weighted by atomic mass is 9.82. The predicted molar refractivity (Wildman–Crippen MR) is 144 cm³/mol. The summed E-state index contributed by atoms with van der Waals surface area (Å²) >= 11 is 3.72. The van der Waals surface area contributed by atoms with Crippen LogP contribution < -0.4 is 0 Å². The Bertz CT molecular complexity index is 1950. The number of hydrogen-bond donors (Lipinski definition) is 0. The summed E-state index contributed by atoms with van der Waals surface area (Å²) in [4.78, 5) is 0. The minimum absolute atomic E-state index is 0.0188. The van der Waals surface area contributed by atoms with Gasteiger partial charge in [0.25, 0.3) is 0 Å². The third-order valence-corrected chi connectivity index (χ3v) is 8.46. The third-order valence-electron chi connectivity index (χ3n) is 7.97. The Morgan fingerprint density at radius 2 is 1.48 bits per heavy atom. The molecule has 0 N–H and O–H groups in total. The van der Waals surface area contributed by atoms with Gasteiger partial charge < -0.3 is 4.40 Å². The zero-order chi connectivity index (χ0) is 22.1. The van der Waals surface area contributed by atoms with Gasteiger partial charge in [-0.3, -0.25) is 0 Å². The molecule has 0 fully saturated rings. The van der Waals surface area contributed by atoms with E-state index in [0.29, 0.717) is 0 Å². The first kappa shape index (κ1) is 18.1. The van der Waals surface area contributed by atoms with E-state index in [0.717, 1.165) is 4.47 Å². The Morgan fingerprint density at radius 1 is 0.667 bits per heavy atom. The fourth-order valence-corrected chi connectivity index (χ4v) is 6.89. The van der Waals surface area contributed by atoms with E-state index in [2.05, 4.69) is 119 Å². The summed E-state index contributed by atoms with van der Waals surface area (Å²) in [6, 6.07) is 31.8. The van der Waals surface area contributed by atoms with Gasteiger partial charge in [-0.2, -0.15) is 0 Å². The molecule has 0 aliphatic heterocycles. The molecule has 33 heavy (non-hydrogen) atoms. The van der Waals surface area contributed by atoms with Crippen LogP contribution in [0.25, 0.3) is 60.0 Å². The first-order valence-corrected chi connectivity index (χ1v) is 12.3. The number of fused-ring (bicyclic) bond motifs is 10. The molecule has 2 heteroatoms. The molecule has 7 aromatic rings. The highest BCUT2D eigenvalue weighted by molar-refractivity contribution is 9.10. The SMILES string of the molecule is CC1(C)c2ccccc2-c2c1ccc1c3cccc4ccc5c6cc(Br)ccc6n(c21)c5c43. The largest absolute Gasteiger partial charge is 0.307 e. The van der Waals surface area contributed by atoms with Gasteiger partial charge in [-0.15, -0.1) is 0 Å². The molecule has 8 rings (SSSR count). The zero-order valence-electron chi connectivity index (χ0n) is 18.4. The van der Waals surface area contributed by atoms with Crippen molar-refractivity contribution in [3.8, 4) is 11.1 Å². The highest BCUT2D eigenvalue weighted by atomic mass is 79.9. The van der Waals surface area contributed by atoms with Gasteiger partial charge in [0.15, 0.2) is 0 Å². The van der Waals surface area contributed by atoms with Gasteiger partial charge in [-0.1, -0.05) is 96.5 Å². The molecule has 0 atom stereocenters. The molecule has 1 aliphatic carbocycles. The topological polar surface area (TPSA) is 4.41 Å². The molecule has 0 unspecified atom stereocenters. The van der Waals surface area contributed by atoms with Crippen LogP contribution in [0.4, 0.5) is 0 Å². The van der Waals surface area contributed by atoms with Crippen molar-refractivity contribution in [2.75, 3.05) is 0 Å². The van der Waals surface area contributed by atoms with Gasteiger partial charge in [-0.25, -0.2) is 0 Å². The van der Waals surface area contributed by atoms with Crippen molar-refractivity contribution in [1.29, 1.82) is 0 Å². The van der Waals surface area contributed by atoms with Gasteiger partial charge in [0.2, 0.25) is 0 Å². The Balaban J connectivity index is 1.78. The number of rotatable bonds is 0. The lowest BCUT2D eigenvalue weighted by molar-refractivity contribution is 0.661. The standard InChI is InChI=1S/C31H20BrN/c1-31(2)24-9-4-3-7-22(24)28-25(31)14-13-20-19-8-5-6-17-10-12-21-23-16-18(32)11-15-26(23)33(30(20)28)29(21)27(17)19/h3-16H,1-2H3. The van der Waals surface area contributed by atoms with Crippen LogP contribution in [0, 0.1) is 0 Å². The molecular formula is C31H20BrN. The Labute approximate surface area is 199 Å². The average molecular weight is 486 g/mol. The van der Waals surface area contributed by atoms with Gasteiger partial charge in [-0.05, 0) is 45.7 Å². The van der Waals surface area contributed by atoms with E-state index >= 15 is 0 Å². The van der Waals surface area contributed by atoms with Gasteiger partial charge in [0.1, 0.15) is 0 Å². The lowest BCUT2D eigenvalue weighted by Crippen LogP contribution is -2.14. The van der Waals surface area contributed by atoms with Crippen LogP contribution in [0.3, 0.4) is 0 Å². The van der Waals surface area contributed by atoms with Crippen LogP contribution >= 0.6 is 15.9 Å². The van der Waals surface area contributed by atoms with Crippen molar-refractivity contribution in [1.82, 2.24) is 4.40 Å². The van der Waals surface area contributed by atoms with Crippen LogP contribution in [0.5, 0.6) is 0 Å². The summed E-state index contributed by atoms with van der Waals surface area (Å²) in [5.74, 6) is 0. The number of halogens is 1. The quantitative estimate of drug-likeness (QED) is 0.149. The predicted octanol–water partition coefficient (Wildman–Crippen LogP) is 9.06. The van der Waals surface area contributed by atoms with Gasteiger partial charge in [0, 0.05) is 37.0 Å². The molecule has 0 radical (unpaired) electrons. The Kier molecular flexibility index (Phi) is 3.16.